The standard InChI is InChI=1S/C14H21N2.FH/c1-3-15-16(2)13-9-8-12(10-14(13)16)11-6-4-5-7-11;/h8-11,15H,3-7H2,1-2H3;1H/q+1;. The number of nitrogens with one attached hydrogen (secondary N) is 1. The Morgan fingerprint density at radius 1 is 1.24 bits per heavy atom. The lowest BCUT2D eigenvalue weighted by Gasteiger charge is -2.10. The monoisotopic (exact) mass is 237 g/mol. The van der Waals surface area contributed by atoms with Crippen LogP contribution in [-0.2, 0) is 0 Å². The van der Waals surface area contributed by atoms with Crippen molar-refractivity contribution in [2.75, 3.05) is 13.6 Å². The number of nitrogens with zero attached hydrogens (tertiary/aromatic N) is 1. The highest BCUT2D eigenvalue weighted by atomic mass is 19.0. The van der Waals surface area contributed by atoms with Crippen LogP contribution in [0.2, 0.25) is 0 Å². The lowest BCUT2D eigenvalue weighted by molar-refractivity contribution is 0.415. The highest BCUT2D eigenvalue weighted by Gasteiger charge is 2.50. The molecule has 2 nitrogen and oxygen atoms in total. The summed E-state index contributed by atoms with van der Waals surface area (Å²) in [5, 5.41) is 0. The predicted molar refractivity (Wildman–Crippen MR) is 71.2 cm³/mol. The number of hydrogen-bond acceptors (Lipinski definition) is 1. The van der Waals surface area contributed by atoms with E-state index in [9.17, 15) is 0 Å². The molecule has 2 aliphatic rings. The average molecular weight is 237 g/mol. The Balaban J connectivity index is 0.00000108. The van der Waals surface area contributed by atoms with E-state index >= 15 is 0 Å². The van der Waals surface area contributed by atoms with Crippen molar-refractivity contribution in [2.45, 2.75) is 38.5 Å². The molecule has 1 saturated carbocycles. The van der Waals surface area contributed by atoms with E-state index < -0.39 is 0 Å². The second-order valence-corrected chi connectivity index (χ2v) is 5.25. The summed E-state index contributed by atoms with van der Waals surface area (Å²) in [6.45, 7) is 3.18. The number of hydrogen-bond donors (Lipinski definition) is 1. The molecule has 0 radical (unpaired) electrons. The van der Waals surface area contributed by atoms with Crippen LogP contribution in [0.1, 0.15) is 44.1 Å². The molecule has 3 heteroatoms. The Labute approximate surface area is 103 Å². The topological polar surface area (TPSA) is 12.0 Å². The zero-order chi connectivity index (χ0) is 11.2. The van der Waals surface area contributed by atoms with Gasteiger partial charge in [0.15, 0.2) is 0 Å². The summed E-state index contributed by atoms with van der Waals surface area (Å²) < 4.78 is 0.864. The van der Waals surface area contributed by atoms with Gasteiger partial charge in [-0.05, 0) is 31.2 Å². The number of quaternary nitrogens is 1. The van der Waals surface area contributed by atoms with Gasteiger partial charge in [-0.1, -0.05) is 18.9 Å². The third-order valence-electron chi connectivity index (χ3n) is 4.21. The summed E-state index contributed by atoms with van der Waals surface area (Å²) in [4.78, 5) is 0. The van der Waals surface area contributed by atoms with Crippen LogP contribution in [0.3, 0.4) is 0 Å². The fourth-order valence-corrected chi connectivity index (χ4v) is 3.19. The van der Waals surface area contributed by atoms with Crippen molar-refractivity contribution < 1.29 is 4.70 Å². The van der Waals surface area contributed by atoms with Crippen molar-refractivity contribution in [2.24, 2.45) is 0 Å². The molecule has 0 saturated heterocycles. The molecule has 1 atom stereocenters. The first-order chi connectivity index (χ1) is 7.75. The van der Waals surface area contributed by atoms with Gasteiger partial charge in [0.05, 0.1) is 7.05 Å². The smallest absolute Gasteiger partial charge is 0.221 e. The molecule has 1 unspecified atom stereocenters. The zero-order valence-electron chi connectivity index (χ0n) is 10.7. The van der Waals surface area contributed by atoms with Crippen LogP contribution < -0.4 is 10.0 Å². The number of benzene rings is 1. The van der Waals surface area contributed by atoms with Gasteiger partial charge in [-0.3, -0.25) is 4.70 Å². The maximum absolute atomic E-state index is 3.52. The molecule has 0 spiro atoms. The van der Waals surface area contributed by atoms with Gasteiger partial charge in [-0.25, -0.2) is 0 Å². The van der Waals surface area contributed by atoms with E-state index in [1.165, 1.54) is 37.1 Å². The minimum absolute atomic E-state index is 0. The van der Waals surface area contributed by atoms with Crippen LogP contribution in [0.15, 0.2) is 18.2 Å². The molecule has 1 N–H and O–H groups in total. The lowest BCUT2D eigenvalue weighted by atomic mass is 9.98. The van der Waals surface area contributed by atoms with Gasteiger partial charge >= 0.3 is 0 Å². The highest BCUT2D eigenvalue weighted by molar-refractivity contribution is 5.86. The molecule has 1 aromatic rings. The van der Waals surface area contributed by atoms with E-state index in [4.69, 9.17) is 0 Å². The van der Waals surface area contributed by atoms with Crippen molar-refractivity contribution in [1.29, 1.82) is 0 Å². The van der Waals surface area contributed by atoms with Crippen LogP contribution in [-0.4, -0.2) is 13.6 Å². The number of halogens is 1. The van der Waals surface area contributed by atoms with Crippen LogP contribution >= 0.6 is 0 Å². The van der Waals surface area contributed by atoms with Crippen LogP contribution in [0.5, 0.6) is 0 Å². The van der Waals surface area contributed by atoms with Gasteiger partial charge in [0.2, 0.25) is 11.4 Å². The fourth-order valence-electron chi connectivity index (χ4n) is 3.19. The molecule has 1 fully saturated rings. The van der Waals surface area contributed by atoms with Crippen molar-refractivity contribution in [3.8, 4) is 0 Å². The quantitative estimate of drug-likeness (QED) is 0.625. The summed E-state index contributed by atoms with van der Waals surface area (Å²) in [6, 6.07) is 7.08. The third kappa shape index (κ3) is 1.87. The highest BCUT2D eigenvalue weighted by Crippen LogP contribution is 2.54. The zero-order valence-corrected chi connectivity index (χ0v) is 10.7. The Hall–Kier alpha value is -0.930. The van der Waals surface area contributed by atoms with Gasteiger partial charge in [0, 0.05) is 18.7 Å². The molecule has 17 heavy (non-hydrogen) atoms. The lowest BCUT2D eigenvalue weighted by Crippen LogP contribution is -2.40. The van der Waals surface area contributed by atoms with E-state index in [-0.39, 0.29) is 4.70 Å². The van der Waals surface area contributed by atoms with Crippen LogP contribution in [0, 0.1) is 0 Å². The molecule has 0 amide bonds. The molecule has 94 valence electrons. The van der Waals surface area contributed by atoms with Crippen molar-refractivity contribution in [1.82, 2.24) is 10.0 Å². The minimum atomic E-state index is 0. The van der Waals surface area contributed by atoms with Gasteiger partial charge in [0.25, 0.3) is 0 Å². The normalized spacial score (nSPS) is 26.5. The van der Waals surface area contributed by atoms with Gasteiger partial charge in [-0.15, -0.1) is 0 Å². The first-order valence-corrected chi connectivity index (χ1v) is 6.52. The Morgan fingerprint density at radius 2 is 1.94 bits per heavy atom. The maximum atomic E-state index is 3.52. The molecule has 3 rings (SSSR count). The van der Waals surface area contributed by atoms with E-state index in [2.05, 4.69) is 37.6 Å². The van der Waals surface area contributed by atoms with Crippen molar-refractivity contribution >= 4 is 11.4 Å². The Kier molecular flexibility index (Phi) is 3.23. The molecule has 0 aromatic heterocycles. The molecule has 1 aliphatic carbocycles. The summed E-state index contributed by atoms with van der Waals surface area (Å²) in [5.74, 6) is 0.834. The van der Waals surface area contributed by atoms with Crippen molar-refractivity contribution in [3.05, 3.63) is 23.8 Å². The first-order valence-electron chi connectivity index (χ1n) is 6.52. The SMILES string of the molecule is CCN[N+]1(C)c2ccc(C3CCCC3)cc21.F. The second kappa shape index (κ2) is 4.39. The van der Waals surface area contributed by atoms with E-state index in [0.717, 1.165) is 17.1 Å². The van der Waals surface area contributed by atoms with E-state index in [1.807, 2.05) is 0 Å². The molecule has 1 heterocycles. The number of rotatable bonds is 3. The third-order valence-corrected chi connectivity index (χ3v) is 4.21. The molecule has 0 bridgehead atoms. The summed E-state index contributed by atoms with van der Waals surface area (Å²) >= 11 is 0. The average Bonchev–Trinajstić information content (AvgIpc) is 2.73. The van der Waals surface area contributed by atoms with Crippen LogP contribution in [0.25, 0.3) is 0 Å². The van der Waals surface area contributed by atoms with Crippen LogP contribution in [0.4, 0.5) is 16.1 Å². The maximum Gasteiger partial charge on any atom is 0.221 e. The predicted octanol–water partition coefficient (Wildman–Crippen LogP) is 3.60. The minimum Gasteiger partial charge on any atom is -0.269 e. The molecule has 1 aliphatic heterocycles. The Morgan fingerprint density at radius 3 is 2.59 bits per heavy atom. The summed E-state index contributed by atoms with van der Waals surface area (Å²) in [5.41, 5.74) is 8.01. The van der Waals surface area contributed by atoms with Crippen molar-refractivity contribution in [3.63, 3.8) is 0 Å². The second-order valence-electron chi connectivity index (χ2n) is 5.25. The summed E-state index contributed by atoms with van der Waals surface area (Å²) in [6.07, 6.45) is 5.62. The molecular formula is C14H22FN2+. The molecular weight excluding hydrogens is 215 g/mol. The molecule has 1 aromatic carbocycles. The number of fused-ring (bicyclic) bond motifs is 1. The van der Waals surface area contributed by atoms with E-state index in [0.29, 0.717) is 0 Å². The first kappa shape index (κ1) is 12.5. The fraction of sp³-hybridized carbons (Fsp3) is 0.571. The van der Waals surface area contributed by atoms with E-state index in [1.54, 1.807) is 5.56 Å². The summed E-state index contributed by atoms with van der Waals surface area (Å²) in [7, 11) is 2.24. The Bertz CT molecular complexity index is 413. The van der Waals surface area contributed by atoms with Gasteiger partial charge in [-0.2, -0.15) is 10.0 Å². The van der Waals surface area contributed by atoms with Gasteiger partial charge < -0.3 is 0 Å². The largest absolute Gasteiger partial charge is 0.269 e. The van der Waals surface area contributed by atoms with Gasteiger partial charge in [0.1, 0.15) is 0 Å².